The van der Waals surface area contributed by atoms with Crippen LogP contribution in [0.2, 0.25) is 5.02 Å². The Hall–Kier alpha value is -2.48. The fourth-order valence-electron chi connectivity index (χ4n) is 2.35. The molecule has 146 valence electrons. The summed E-state index contributed by atoms with van der Waals surface area (Å²) in [7, 11) is 0. The van der Waals surface area contributed by atoms with E-state index in [4.69, 9.17) is 16.3 Å². The zero-order valence-electron chi connectivity index (χ0n) is 14.7. The smallest absolute Gasteiger partial charge is 0.345 e. The fraction of sp³-hybridized carbons (Fsp3) is 0. The number of hydrogen-bond donors (Lipinski definition) is 1. The SMILES string of the molecule is O=C(NN=Cc1cc(Br)ccc1OC(=O)c1ccccc1Cl)c1cccc(Br)c1. The lowest BCUT2D eigenvalue weighted by molar-refractivity contribution is 0.0734. The first-order valence-electron chi connectivity index (χ1n) is 8.29. The molecule has 1 N–H and O–H groups in total. The minimum atomic E-state index is -0.592. The van der Waals surface area contributed by atoms with Gasteiger partial charge in [-0.1, -0.05) is 61.7 Å². The van der Waals surface area contributed by atoms with Crippen molar-refractivity contribution in [1.29, 1.82) is 0 Å². The number of halogens is 3. The first-order valence-corrected chi connectivity index (χ1v) is 10.3. The third kappa shape index (κ3) is 5.76. The standard InChI is InChI=1S/C21H13Br2ClN2O3/c22-15-5-3-4-13(10-15)20(27)26-25-12-14-11-16(23)8-9-19(14)29-21(28)17-6-1-2-7-18(17)24/h1-12H,(H,26,27). The molecule has 0 unspecified atom stereocenters. The van der Waals surface area contributed by atoms with Crippen LogP contribution in [-0.2, 0) is 0 Å². The van der Waals surface area contributed by atoms with Crippen molar-refractivity contribution in [2.75, 3.05) is 0 Å². The largest absolute Gasteiger partial charge is 0.422 e. The molecule has 5 nitrogen and oxygen atoms in total. The summed E-state index contributed by atoms with van der Waals surface area (Å²) in [5, 5.41) is 4.27. The van der Waals surface area contributed by atoms with Crippen molar-refractivity contribution in [3.05, 3.63) is 97.4 Å². The Kier molecular flexibility index (Phi) is 7.19. The Bertz CT molecular complexity index is 1100. The number of carbonyl (C=O) groups excluding carboxylic acids is 2. The number of carbonyl (C=O) groups is 2. The fourth-order valence-corrected chi connectivity index (χ4v) is 3.34. The van der Waals surface area contributed by atoms with Gasteiger partial charge in [-0.2, -0.15) is 5.10 Å². The molecule has 1 amide bonds. The Morgan fingerprint density at radius 3 is 2.48 bits per heavy atom. The molecule has 29 heavy (non-hydrogen) atoms. The molecule has 3 aromatic rings. The van der Waals surface area contributed by atoms with Crippen LogP contribution in [0.15, 0.2) is 80.8 Å². The van der Waals surface area contributed by atoms with E-state index in [1.165, 1.54) is 6.21 Å². The van der Waals surface area contributed by atoms with Crippen LogP contribution < -0.4 is 10.2 Å². The van der Waals surface area contributed by atoms with Gasteiger partial charge in [-0.3, -0.25) is 4.79 Å². The van der Waals surface area contributed by atoms with E-state index in [1.807, 2.05) is 6.07 Å². The van der Waals surface area contributed by atoms with Crippen LogP contribution in [0.3, 0.4) is 0 Å². The number of nitrogens with zero attached hydrogens (tertiary/aromatic N) is 1. The molecule has 0 saturated carbocycles. The summed E-state index contributed by atoms with van der Waals surface area (Å²) >= 11 is 12.7. The van der Waals surface area contributed by atoms with Crippen molar-refractivity contribution in [1.82, 2.24) is 5.43 Å². The molecular formula is C21H13Br2ClN2O3. The van der Waals surface area contributed by atoms with Crippen molar-refractivity contribution in [2.45, 2.75) is 0 Å². The molecule has 0 aliphatic rings. The average molecular weight is 537 g/mol. The number of hydrazone groups is 1. The zero-order chi connectivity index (χ0) is 20.8. The molecule has 8 heteroatoms. The minimum Gasteiger partial charge on any atom is -0.422 e. The summed E-state index contributed by atoms with van der Waals surface area (Å²) in [6.45, 7) is 0. The molecule has 0 atom stereocenters. The second-order valence-corrected chi connectivity index (χ2v) is 8.00. The van der Waals surface area contributed by atoms with Crippen LogP contribution >= 0.6 is 43.5 Å². The first kappa shape index (κ1) is 21.2. The summed E-state index contributed by atoms with van der Waals surface area (Å²) in [4.78, 5) is 24.6. The number of nitrogens with one attached hydrogen (secondary N) is 1. The Morgan fingerprint density at radius 1 is 0.966 bits per heavy atom. The molecule has 0 aliphatic heterocycles. The average Bonchev–Trinajstić information content (AvgIpc) is 2.70. The third-order valence-corrected chi connectivity index (χ3v) is 5.04. The van der Waals surface area contributed by atoms with E-state index in [-0.39, 0.29) is 17.2 Å². The van der Waals surface area contributed by atoms with Gasteiger partial charge < -0.3 is 4.74 Å². The van der Waals surface area contributed by atoms with Crippen LogP contribution in [0.1, 0.15) is 26.3 Å². The van der Waals surface area contributed by atoms with Gasteiger partial charge in [0.1, 0.15) is 5.75 Å². The van der Waals surface area contributed by atoms with Gasteiger partial charge in [-0.25, -0.2) is 10.2 Å². The summed E-state index contributed by atoms with van der Waals surface area (Å²) in [5.74, 6) is -0.684. The molecule has 0 saturated heterocycles. The van der Waals surface area contributed by atoms with Gasteiger partial charge in [0.15, 0.2) is 0 Å². The lowest BCUT2D eigenvalue weighted by atomic mass is 10.2. The highest BCUT2D eigenvalue weighted by molar-refractivity contribution is 9.10. The quantitative estimate of drug-likeness (QED) is 0.193. The molecule has 0 aliphatic carbocycles. The van der Waals surface area contributed by atoms with Crippen molar-refractivity contribution in [3.63, 3.8) is 0 Å². The van der Waals surface area contributed by atoms with E-state index in [2.05, 4.69) is 42.4 Å². The maximum Gasteiger partial charge on any atom is 0.345 e. The van der Waals surface area contributed by atoms with Crippen LogP contribution in [0.25, 0.3) is 0 Å². The number of rotatable bonds is 5. The highest BCUT2D eigenvalue weighted by Gasteiger charge is 2.14. The van der Waals surface area contributed by atoms with Crippen molar-refractivity contribution in [3.8, 4) is 5.75 Å². The number of esters is 1. The van der Waals surface area contributed by atoms with E-state index in [0.29, 0.717) is 16.1 Å². The second kappa shape index (κ2) is 9.82. The van der Waals surface area contributed by atoms with E-state index >= 15 is 0 Å². The Labute approximate surface area is 189 Å². The van der Waals surface area contributed by atoms with Crippen LogP contribution in [0, 0.1) is 0 Å². The van der Waals surface area contributed by atoms with Gasteiger partial charge in [0.05, 0.1) is 16.8 Å². The number of hydrogen-bond acceptors (Lipinski definition) is 4. The predicted molar refractivity (Wildman–Crippen MR) is 120 cm³/mol. The summed E-state index contributed by atoms with van der Waals surface area (Å²) in [5.41, 5.74) is 3.65. The molecule has 0 fully saturated rings. The van der Waals surface area contributed by atoms with Crippen molar-refractivity contribution in [2.24, 2.45) is 5.10 Å². The third-order valence-electron chi connectivity index (χ3n) is 3.72. The molecule has 0 radical (unpaired) electrons. The maximum absolute atomic E-state index is 12.4. The van der Waals surface area contributed by atoms with Crippen LogP contribution in [-0.4, -0.2) is 18.1 Å². The molecule has 0 spiro atoms. The second-order valence-electron chi connectivity index (χ2n) is 5.76. The minimum absolute atomic E-state index is 0.253. The lowest BCUT2D eigenvalue weighted by Crippen LogP contribution is -2.17. The maximum atomic E-state index is 12.4. The van der Waals surface area contributed by atoms with Crippen LogP contribution in [0.4, 0.5) is 0 Å². The molecule has 0 heterocycles. The number of amides is 1. The van der Waals surface area contributed by atoms with Gasteiger partial charge in [0, 0.05) is 20.1 Å². The van der Waals surface area contributed by atoms with E-state index in [1.54, 1.807) is 60.7 Å². The van der Waals surface area contributed by atoms with Gasteiger partial charge in [0.2, 0.25) is 0 Å². The topological polar surface area (TPSA) is 67.8 Å². The summed E-state index contributed by atoms with van der Waals surface area (Å²) in [6, 6.07) is 18.6. The Morgan fingerprint density at radius 2 is 1.72 bits per heavy atom. The highest BCUT2D eigenvalue weighted by atomic mass is 79.9. The Balaban J connectivity index is 1.76. The molecule has 3 aromatic carbocycles. The first-order chi connectivity index (χ1) is 13.9. The number of ether oxygens (including phenoxy) is 1. The lowest BCUT2D eigenvalue weighted by Gasteiger charge is -2.09. The highest BCUT2D eigenvalue weighted by Crippen LogP contribution is 2.24. The normalized spacial score (nSPS) is 10.7. The zero-order valence-corrected chi connectivity index (χ0v) is 18.7. The van der Waals surface area contributed by atoms with Gasteiger partial charge in [-0.05, 0) is 48.5 Å². The summed E-state index contributed by atoms with van der Waals surface area (Å²) < 4.78 is 7.02. The molecular weight excluding hydrogens is 524 g/mol. The van der Waals surface area contributed by atoms with E-state index < -0.39 is 5.97 Å². The van der Waals surface area contributed by atoms with Gasteiger partial charge in [0.25, 0.3) is 5.91 Å². The van der Waals surface area contributed by atoms with Crippen LogP contribution in [0.5, 0.6) is 5.75 Å². The van der Waals surface area contributed by atoms with Gasteiger partial charge in [-0.15, -0.1) is 0 Å². The predicted octanol–water partition coefficient (Wildman–Crippen LogP) is 5.85. The van der Waals surface area contributed by atoms with Crippen molar-refractivity contribution >= 4 is 61.6 Å². The van der Waals surface area contributed by atoms with Crippen molar-refractivity contribution < 1.29 is 14.3 Å². The van der Waals surface area contributed by atoms with E-state index in [0.717, 1.165) is 8.95 Å². The van der Waals surface area contributed by atoms with E-state index in [9.17, 15) is 9.59 Å². The molecule has 0 bridgehead atoms. The molecule has 3 rings (SSSR count). The molecule has 0 aromatic heterocycles. The van der Waals surface area contributed by atoms with Gasteiger partial charge >= 0.3 is 5.97 Å². The number of benzene rings is 3. The summed E-state index contributed by atoms with van der Waals surface area (Å²) in [6.07, 6.45) is 1.40. The monoisotopic (exact) mass is 534 g/mol.